The maximum absolute atomic E-state index is 12.1. The highest BCUT2D eigenvalue weighted by Crippen LogP contribution is 2.30. The zero-order chi connectivity index (χ0) is 14.0. The van der Waals surface area contributed by atoms with E-state index < -0.39 is 12.6 Å². The summed E-state index contributed by atoms with van der Waals surface area (Å²) in [5.74, 6) is -0.0415. The lowest BCUT2D eigenvalue weighted by atomic mass is 10.1. The van der Waals surface area contributed by atoms with Crippen LogP contribution in [0.25, 0.3) is 11.5 Å². The topological polar surface area (TPSA) is 59.2 Å². The summed E-state index contributed by atoms with van der Waals surface area (Å²) in [4.78, 5) is 3.85. The van der Waals surface area contributed by atoms with Crippen molar-refractivity contribution in [3.63, 3.8) is 0 Å². The van der Waals surface area contributed by atoms with Gasteiger partial charge in [-0.2, -0.15) is 18.2 Å². The zero-order valence-electron chi connectivity index (χ0n) is 10.0. The zero-order valence-corrected chi connectivity index (χ0v) is 10.0. The summed E-state index contributed by atoms with van der Waals surface area (Å²) >= 11 is 0. The highest BCUT2D eigenvalue weighted by molar-refractivity contribution is 5.64. The van der Waals surface area contributed by atoms with Crippen LogP contribution in [-0.4, -0.2) is 21.4 Å². The molecule has 19 heavy (non-hydrogen) atoms. The number of nitrogens with zero attached hydrogens (tertiary/aromatic N) is 2. The summed E-state index contributed by atoms with van der Waals surface area (Å²) in [5.41, 5.74) is 0.929. The van der Waals surface area contributed by atoms with Crippen LogP contribution in [0.4, 0.5) is 13.2 Å². The van der Waals surface area contributed by atoms with Gasteiger partial charge in [-0.05, 0) is 18.6 Å². The molecular formula is C12H11F3N2O2. The largest absolute Gasteiger partial charge is 0.507 e. The van der Waals surface area contributed by atoms with Crippen LogP contribution in [0.5, 0.6) is 5.75 Å². The third-order valence-corrected chi connectivity index (χ3v) is 2.57. The molecule has 0 fully saturated rings. The molecule has 1 heterocycles. The van der Waals surface area contributed by atoms with Gasteiger partial charge in [-0.15, -0.1) is 0 Å². The first-order chi connectivity index (χ1) is 8.87. The number of rotatable bonds is 3. The van der Waals surface area contributed by atoms with E-state index in [2.05, 4.69) is 10.1 Å². The van der Waals surface area contributed by atoms with Crippen LogP contribution in [0.15, 0.2) is 22.7 Å². The monoisotopic (exact) mass is 272 g/mol. The Hall–Kier alpha value is -2.05. The number of hydrogen-bond donors (Lipinski definition) is 1. The maximum atomic E-state index is 12.1. The van der Waals surface area contributed by atoms with Crippen molar-refractivity contribution in [2.45, 2.75) is 25.9 Å². The van der Waals surface area contributed by atoms with Crippen LogP contribution in [0, 0.1) is 6.92 Å². The second-order valence-electron chi connectivity index (χ2n) is 4.10. The lowest BCUT2D eigenvalue weighted by Crippen LogP contribution is -2.09. The van der Waals surface area contributed by atoms with Crippen molar-refractivity contribution in [3.05, 3.63) is 29.6 Å². The van der Waals surface area contributed by atoms with Gasteiger partial charge in [0.05, 0.1) is 12.0 Å². The van der Waals surface area contributed by atoms with Crippen molar-refractivity contribution >= 4 is 0 Å². The molecule has 0 saturated carbocycles. The van der Waals surface area contributed by atoms with E-state index in [0.717, 1.165) is 0 Å². The predicted octanol–water partition coefficient (Wildman–Crippen LogP) is 3.25. The first-order valence-electron chi connectivity index (χ1n) is 5.55. The van der Waals surface area contributed by atoms with Crippen LogP contribution in [0.2, 0.25) is 0 Å². The van der Waals surface area contributed by atoms with E-state index in [0.29, 0.717) is 11.1 Å². The SMILES string of the molecule is Cc1cccc(-c2nc(CCC(F)(F)F)no2)c1O. The van der Waals surface area contributed by atoms with Gasteiger partial charge in [0.2, 0.25) is 0 Å². The summed E-state index contributed by atoms with van der Waals surface area (Å²) in [5, 5.41) is 13.3. The Bertz CT molecular complexity index is 579. The Balaban J connectivity index is 2.19. The fraction of sp³-hybridized carbons (Fsp3) is 0.333. The molecule has 0 bridgehead atoms. The molecule has 2 aromatic rings. The second-order valence-corrected chi connectivity index (χ2v) is 4.10. The molecule has 0 aliphatic rings. The van der Waals surface area contributed by atoms with Gasteiger partial charge in [0.25, 0.3) is 5.89 Å². The predicted molar refractivity (Wildman–Crippen MR) is 60.5 cm³/mol. The van der Waals surface area contributed by atoms with E-state index in [1.807, 2.05) is 0 Å². The molecule has 0 aliphatic heterocycles. The van der Waals surface area contributed by atoms with Crippen molar-refractivity contribution in [3.8, 4) is 17.2 Å². The molecule has 0 spiro atoms. The van der Waals surface area contributed by atoms with Gasteiger partial charge in [-0.1, -0.05) is 17.3 Å². The number of phenolic OH excluding ortho intramolecular Hbond substituents is 1. The summed E-state index contributed by atoms with van der Waals surface area (Å²) in [6.07, 6.45) is -5.61. The minimum atomic E-state index is -4.26. The molecule has 1 aromatic carbocycles. The van der Waals surface area contributed by atoms with Gasteiger partial charge in [-0.3, -0.25) is 0 Å². The van der Waals surface area contributed by atoms with Gasteiger partial charge >= 0.3 is 6.18 Å². The van der Waals surface area contributed by atoms with Crippen molar-refractivity contribution in [1.82, 2.24) is 10.1 Å². The number of aromatic nitrogens is 2. The van der Waals surface area contributed by atoms with Crippen molar-refractivity contribution in [2.75, 3.05) is 0 Å². The number of aryl methyl sites for hydroxylation is 2. The lowest BCUT2D eigenvalue weighted by molar-refractivity contribution is -0.134. The molecule has 4 nitrogen and oxygen atoms in total. The van der Waals surface area contributed by atoms with E-state index in [9.17, 15) is 18.3 Å². The van der Waals surface area contributed by atoms with Crippen LogP contribution in [0.3, 0.4) is 0 Å². The van der Waals surface area contributed by atoms with Gasteiger partial charge < -0.3 is 9.63 Å². The minimum absolute atomic E-state index is 0.0124. The summed E-state index contributed by atoms with van der Waals surface area (Å²) in [7, 11) is 0. The number of hydrogen-bond acceptors (Lipinski definition) is 4. The standard InChI is InChI=1S/C12H11F3N2O2/c1-7-3-2-4-8(10(7)18)11-16-9(17-19-11)5-6-12(13,14)15/h2-4,18H,5-6H2,1H3. The van der Waals surface area contributed by atoms with E-state index in [1.54, 1.807) is 25.1 Å². The van der Waals surface area contributed by atoms with Crippen LogP contribution in [0.1, 0.15) is 17.8 Å². The summed E-state index contributed by atoms with van der Waals surface area (Å²) < 4.78 is 41.0. The molecule has 0 atom stereocenters. The highest BCUT2D eigenvalue weighted by atomic mass is 19.4. The molecule has 0 aliphatic carbocycles. The number of alkyl halides is 3. The van der Waals surface area contributed by atoms with Crippen molar-refractivity contribution < 1.29 is 22.8 Å². The number of halogens is 3. The average molecular weight is 272 g/mol. The third kappa shape index (κ3) is 3.24. The number of phenols is 1. The molecule has 1 N–H and O–H groups in total. The first-order valence-corrected chi connectivity index (χ1v) is 5.55. The Kier molecular flexibility index (Phi) is 3.46. The van der Waals surface area contributed by atoms with Crippen LogP contribution in [-0.2, 0) is 6.42 Å². The molecule has 102 valence electrons. The van der Waals surface area contributed by atoms with Crippen molar-refractivity contribution in [1.29, 1.82) is 0 Å². The molecule has 1 aromatic heterocycles. The number of benzene rings is 1. The molecule has 0 unspecified atom stereocenters. The molecule has 2 rings (SSSR count). The Morgan fingerprint density at radius 3 is 2.74 bits per heavy atom. The number of para-hydroxylation sites is 1. The van der Waals surface area contributed by atoms with Gasteiger partial charge in [0.15, 0.2) is 5.82 Å². The minimum Gasteiger partial charge on any atom is -0.507 e. The average Bonchev–Trinajstić information content (AvgIpc) is 2.78. The third-order valence-electron chi connectivity index (χ3n) is 2.57. The van der Waals surface area contributed by atoms with E-state index >= 15 is 0 Å². The van der Waals surface area contributed by atoms with E-state index in [1.165, 1.54) is 0 Å². The maximum Gasteiger partial charge on any atom is 0.389 e. The molecule has 7 heteroatoms. The van der Waals surface area contributed by atoms with Gasteiger partial charge in [0, 0.05) is 6.42 Å². The molecule has 0 amide bonds. The smallest absolute Gasteiger partial charge is 0.389 e. The Labute approximate surface area is 106 Å². The molecule has 0 radical (unpaired) electrons. The highest BCUT2D eigenvalue weighted by Gasteiger charge is 2.27. The second kappa shape index (κ2) is 4.91. The van der Waals surface area contributed by atoms with Gasteiger partial charge in [0.1, 0.15) is 5.75 Å². The Morgan fingerprint density at radius 2 is 2.05 bits per heavy atom. The van der Waals surface area contributed by atoms with E-state index in [4.69, 9.17) is 4.52 Å². The summed E-state index contributed by atoms with van der Waals surface area (Å²) in [6, 6.07) is 4.94. The van der Waals surface area contributed by atoms with Crippen LogP contribution >= 0.6 is 0 Å². The normalized spacial score (nSPS) is 11.8. The number of aromatic hydroxyl groups is 1. The fourth-order valence-corrected chi connectivity index (χ4v) is 1.55. The first kappa shape index (κ1) is 13.4. The molecular weight excluding hydrogens is 261 g/mol. The Morgan fingerprint density at radius 1 is 1.32 bits per heavy atom. The quantitative estimate of drug-likeness (QED) is 0.931. The van der Waals surface area contributed by atoms with Gasteiger partial charge in [-0.25, -0.2) is 0 Å². The lowest BCUT2D eigenvalue weighted by Gasteiger charge is -2.02. The summed E-state index contributed by atoms with van der Waals surface area (Å²) in [6.45, 7) is 1.69. The fourth-order valence-electron chi connectivity index (χ4n) is 1.55. The van der Waals surface area contributed by atoms with Crippen molar-refractivity contribution in [2.24, 2.45) is 0 Å². The van der Waals surface area contributed by atoms with E-state index in [-0.39, 0.29) is 23.9 Å². The molecule has 0 saturated heterocycles. The van der Waals surface area contributed by atoms with Crippen LogP contribution < -0.4 is 0 Å².